The summed E-state index contributed by atoms with van der Waals surface area (Å²) in [6.45, 7) is 3.85. The number of nitrogens with zero attached hydrogens (tertiary/aromatic N) is 2. The van der Waals surface area contributed by atoms with Gasteiger partial charge in [-0.05, 0) is 25.3 Å². The Bertz CT molecular complexity index is 546. The lowest BCUT2D eigenvalue weighted by Gasteiger charge is -2.08. The first kappa shape index (κ1) is 12.6. The van der Waals surface area contributed by atoms with Gasteiger partial charge in [-0.2, -0.15) is 4.73 Å². The summed E-state index contributed by atoms with van der Waals surface area (Å²) in [5, 5.41) is 1.95. The molecule has 2 aromatic rings. The number of imidazole rings is 1. The minimum absolute atomic E-state index is 0.321. The van der Waals surface area contributed by atoms with Gasteiger partial charge in [0, 0.05) is 0 Å². The normalized spacial score (nSPS) is 10.4. The van der Waals surface area contributed by atoms with E-state index in [9.17, 15) is 4.79 Å². The number of thiophene rings is 1. The van der Waals surface area contributed by atoms with Gasteiger partial charge in [0.25, 0.3) is 0 Å². The lowest BCUT2D eigenvalue weighted by Crippen LogP contribution is -2.17. The van der Waals surface area contributed by atoms with Crippen molar-refractivity contribution in [2.75, 3.05) is 13.7 Å². The fourth-order valence-electron chi connectivity index (χ4n) is 1.68. The third-order valence-corrected chi connectivity index (χ3v) is 3.27. The molecule has 2 rings (SSSR count). The van der Waals surface area contributed by atoms with Crippen LogP contribution in [0.15, 0.2) is 17.5 Å². The van der Waals surface area contributed by atoms with E-state index in [0.717, 1.165) is 4.88 Å². The highest BCUT2D eigenvalue weighted by atomic mass is 32.1. The lowest BCUT2D eigenvalue weighted by atomic mass is 10.3. The van der Waals surface area contributed by atoms with E-state index in [4.69, 9.17) is 9.57 Å². The zero-order valence-corrected chi connectivity index (χ0v) is 11.3. The van der Waals surface area contributed by atoms with Gasteiger partial charge in [0.2, 0.25) is 0 Å². The van der Waals surface area contributed by atoms with E-state index < -0.39 is 5.97 Å². The van der Waals surface area contributed by atoms with Gasteiger partial charge in [0.05, 0.1) is 17.2 Å². The fourth-order valence-corrected chi connectivity index (χ4v) is 2.37. The van der Waals surface area contributed by atoms with E-state index in [1.165, 1.54) is 23.2 Å². The van der Waals surface area contributed by atoms with Crippen LogP contribution in [0.25, 0.3) is 10.7 Å². The third-order valence-electron chi connectivity index (χ3n) is 2.40. The maximum absolute atomic E-state index is 11.9. The summed E-state index contributed by atoms with van der Waals surface area (Å²) in [5.41, 5.74) is 0.932. The molecule has 0 saturated heterocycles. The van der Waals surface area contributed by atoms with Crippen molar-refractivity contribution in [3.8, 4) is 10.7 Å². The number of carbonyl (C=O) groups is 1. The molecule has 96 valence electrons. The lowest BCUT2D eigenvalue weighted by molar-refractivity contribution is 0.0473. The molecule has 0 saturated carbocycles. The van der Waals surface area contributed by atoms with Gasteiger partial charge in [0.1, 0.15) is 7.11 Å². The summed E-state index contributed by atoms with van der Waals surface area (Å²) in [4.78, 5) is 22.4. The molecule has 0 aromatic carbocycles. The van der Waals surface area contributed by atoms with Crippen LogP contribution in [0.5, 0.6) is 0 Å². The molecule has 2 heterocycles. The number of rotatable bonds is 4. The van der Waals surface area contributed by atoms with Crippen LogP contribution in [-0.2, 0) is 4.74 Å². The topological polar surface area (TPSA) is 53.3 Å². The number of esters is 1. The molecule has 0 radical (unpaired) electrons. The van der Waals surface area contributed by atoms with E-state index in [1.807, 2.05) is 17.5 Å². The molecule has 0 atom stereocenters. The predicted octanol–water partition coefficient (Wildman–Crippen LogP) is 2.16. The molecule has 0 aliphatic rings. The molecule has 0 unspecified atom stereocenters. The second-order valence-corrected chi connectivity index (χ2v) is 4.49. The van der Waals surface area contributed by atoms with E-state index in [-0.39, 0.29) is 0 Å². The molecule has 18 heavy (non-hydrogen) atoms. The predicted molar refractivity (Wildman–Crippen MR) is 68.7 cm³/mol. The Kier molecular flexibility index (Phi) is 3.66. The van der Waals surface area contributed by atoms with Crippen molar-refractivity contribution in [3.05, 3.63) is 28.9 Å². The Balaban J connectivity index is 2.51. The molecule has 0 amide bonds. The molecule has 0 aliphatic heterocycles. The van der Waals surface area contributed by atoms with E-state index >= 15 is 0 Å². The minimum Gasteiger partial charge on any atom is -0.461 e. The first-order chi connectivity index (χ1) is 8.69. The summed E-state index contributed by atoms with van der Waals surface area (Å²) in [7, 11) is 1.50. The Morgan fingerprint density at radius 3 is 2.89 bits per heavy atom. The van der Waals surface area contributed by atoms with E-state index in [0.29, 0.717) is 23.8 Å². The zero-order valence-electron chi connectivity index (χ0n) is 10.5. The number of carbonyl (C=O) groups excluding carboxylic acids is 1. The van der Waals surface area contributed by atoms with E-state index in [1.54, 1.807) is 13.8 Å². The van der Waals surface area contributed by atoms with Gasteiger partial charge in [0.15, 0.2) is 11.5 Å². The Hall–Kier alpha value is -1.82. The average Bonchev–Trinajstić information content (AvgIpc) is 2.95. The van der Waals surface area contributed by atoms with Crippen LogP contribution >= 0.6 is 11.3 Å². The van der Waals surface area contributed by atoms with Gasteiger partial charge in [-0.3, -0.25) is 0 Å². The van der Waals surface area contributed by atoms with E-state index in [2.05, 4.69) is 4.98 Å². The highest BCUT2D eigenvalue weighted by molar-refractivity contribution is 7.13. The van der Waals surface area contributed by atoms with Gasteiger partial charge >= 0.3 is 5.97 Å². The van der Waals surface area contributed by atoms with Crippen LogP contribution in [0.4, 0.5) is 0 Å². The summed E-state index contributed by atoms with van der Waals surface area (Å²) in [5.74, 6) is 0.195. The first-order valence-corrected chi connectivity index (χ1v) is 6.41. The molecule has 0 fully saturated rings. The molecule has 0 spiro atoms. The number of aromatic nitrogens is 2. The highest BCUT2D eigenvalue weighted by Crippen LogP contribution is 2.25. The zero-order chi connectivity index (χ0) is 13.1. The SMILES string of the molecule is CCOC(=O)c1c(C)nc(-c2cccs2)n1OC. The number of ether oxygens (including phenoxy) is 1. The Morgan fingerprint density at radius 2 is 2.33 bits per heavy atom. The van der Waals surface area contributed by atoms with Crippen molar-refractivity contribution < 1.29 is 14.4 Å². The monoisotopic (exact) mass is 266 g/mol. The smallest absolute Gasteiger partial charge is 0.360 e. The van der Waals surface area contributed by atoms with Gasteiger partial charge in [-0.15, -0.1) is 11.3 Å². The second kappa shape index (κ2) is 5.22. The van der Waals surface area contributed by atoms with Crippen molar-refractivity contribution in [1.29, 1.82) is 0 Å². The van der Waals surface area contributed by atoms with Crippen LogP contribution in [-0.4, -0.2) is 29.4 Å². The average molecular weight is 266 g/mol. The molecule has 5 nitrogen and oxygen atoms in total. The van der Waals surface area contributed by atoms with Gasteiger partial charge in [-0.1, -0.05) is 6.07 Å². The number of aryl methyl sites for hydroxylation is 1. The van der Waals surface area contributed by atoms with Crippen molar-refractivity contribution in [2.45, 2.75) is 13.8 Å². The number of hydrogen-bond acceptors (Lipinski definition) is 5. The summed E-state index contributed by atoms with van der Waals surface area (Å²) in [6.07, 6.45) is 0. The summed E-state index contributed by atoms with van der Waals surface area (Å²) < 4.78 is 6.42. The molecule has 6 heteroatoms. The maximum Gasteiger partial charge on any atom is 0.360 e. The van der Waals surface area contributed by atoms with Gasteiger partial charge < -0.3 is 9.57 Å². The molecular formula is C12H14N2O3S. The maximum atomic E-state index is 11.9. The summed E-state index contributed by atoms with van der Waals surface area (Å²) in [6, 6.07) is 3.85. The highest BCUT2D eigenvalue weighted by Gasteiger charge is 2.23. The number of hydrogen-bond donors (Lipinski definition) is 0. The minimum atomic E-state index is -0.424. The van der Waals surface area contributed by atoms with Crippen molar-refractivity contribution in [3.63, 3.8) is 0 Å². The van der Waals surface area contributed by atoms with Crippen LogP contribution in [0, 0.1) is 6.92 Å². The standard InChI is InChI=1S/C12H14N2O3S/c1-4-17-12(15)10-8(2)13-11(14(10)16-3)9-6-5-7-18-9/h5-7H,4H2,1-3H3. The third kappa shape index (κ3) is 2.11. The molecule has 0 bridgehead atoms. The van der Waals surface area contributed by atoms with Crippen LogP contribution < -0.4 is 4.84 Å². The molecule has 0 aliphatic carbocycles. The fraction of sp³-hybridized carbons (Fsp3) is 0.333. The van der Waals surface area contributed by atoms with Crippen molar-refractivity contribution in [2.24, 2.45) is 0 Å². The molecular weight excluding hydrogens is 252 g/mol. The van der Waals surface area contributed by atoms with Gasteiger partial charge in [-0.25, -0.2) is 9.78 Å². The Morgan fingerprint density at radius 1 is 1.56 bits per heavy atom. The van der Waals surface area contributed by atoms with Crippen molar-refractivity contribution >= 4 is 17.3 Å². The van der Waals surface area contributed by atoms with Crippen LogP contribution in [0.1, 0.15) is 23.1 Å². The summed E-state index contributed by atoms with van der Waals surface area (Å²) >= 11 is 1.54. The quantitative estimate of drug-likeness (QED) is 0.796. The van der Waals surface area contributed by atoms with Crippen LogP contribution in [0.2, 0.25) is 0 Å². The Labute approximate surface area is 109 Å². The second-order valence-electron chi connectivity index (χ2n) is 3.54. The first-order valence-electron chi connectivity index (χ1n) is 5.53. The largest absolute Gasteiger partial charge is 0.461 e. The van der Waals surface area contributed by atoms with Crippen LogP contribution in [0.3, 0.4) is 0 Å². The molecule has 2 aromatic heterocycles. The molecule has 0 N–H and O–H groups in total. The van der Waals surface area contributed by atoms with Crippen molar-refractivity contribution in [1.82, 2.24) is 9.71 Å².